The molecule has 0 aromatic heterocycles. The fourth-order valence-corrected chi connectivity index (χ4v) is 4.96. The second-order valence-electron chi connectivity index (χ2n) is 8.58. The summed E-state index contributed by atoms with van der Waals surface area (Å²) in [5.74, 6) is -0.355. The van der Waals surface area contributed by atoms with Crippen molar-refractivity contribution in [1.82, 2.24) is 10.2 Å². The van der Waals surface area contributed by atoms with E-state index >= 15 is 0 Å². The van der Waals surface area contributed by atoms with E-state index in [9.17, 15) is 18.0 Å². The van der Waals surface area contributed by atoms with Crippen LogP contribution in [0, 0.1) is 6.92 Å². The molecule has 0 unspecified atom stereocenters. The number of nitrogens with one attached hydrogen (secondary N) is 1. The molecule has 0 radical (unpaired) electrons. The molecule has 0 aliphatic carbocycles. The Labute approximate surface area is 214 Å². The maximum absolute atomic E-state index is 13.4. The van der Waals surface area contributed by atoms with Crippen molar-refractivity contribution < 1.29 is 18.0 Å². The highest BCUT2D eigenvalue weighted by Gasteiger charge is 2.29. The van der Waals surface area contributed by atoms with Gasteiger partial charge in [-0.1, -0.05) is 49.7 Å². The smallest absolute Gasteiger partial charge is 0.242 e. The van der Waals surface area contributed by atoms with Crippen LogP contribution < -0.4 is 9.62 Å². The predicted molar refractivity (Wildman–Crippen MR) is 142 cm³/mol. The van der Waals surface area contributed by atoms with Gasteiger partial charge in [-0.2, -0.15) is 0 Å². The number of hydrogen-bond acceptors (Lipinski definition) is 4. The third-order valence-electron chi connectivity index (χ3n) is 5.80. The second kappa shape index (κ2) is 13.5. The van der Waals surface area contributed by atoms with Crippen molar-refractivity contribution in [2.75, 3.05) is 23.7 Å². The average Bonchev–Trinajstić information content (AvgIpc) is 2.81. The number of rotatable bonds is 13. The third kappa shape index (κ3) is 8.54. The van der Waals surface area contributed by atoms with Gasteiger partial charge in [-0.3, -0.25) is 13.9 Å². The van der Waals surface area contributed by atoms with Gasteiger partial charge in [0.15, 0.2) is 0 Å². The van der Waals surface area contributed by atoms with Crippen molar-refractivity contribution in [3.63, 3.8) is 0 Å². The number of amides is 2. The lowest BCUT2D eigenvalue weighted by Gasteiger charge is -2.31. The summed E-state index contributed by atoms with van der Waals surface area (Å²) in [6.45, 7) is 6.85. The second-order valence-corrected chi connectivity index (χ2v) is 10.9. The van der Waals surface area contributed by atoms with Crippen molar-refractivity contribution in [2.24, 2.45) is 0 Å². The SMILES string of the molecule is CCCNC(=O)[C@@H](CC)N(Cc1ccccc1C)C(=O)CCCN(c1ccc(Cl)cc1)S(C)(=O)=O. The summed E-state index contributed by atoms with van der Waals surface area (Å²) < 4.78 is 26.1. The minimum atomic E-state index is -3.55. The number of anilines is 1. The van der Waals surface area contributed by atoms with Gasteiger partial charge in [-0.25, -0.2) is 8.42 Å². The van der Waals surface area contributed by atoms with Crippen LogP contribution in [-0.4, -0.2) is 50.5 Å². The van der Waals surface area contributed by atoms with Gasteiger partial charge in [0, 0.05) is 31.1 Å². The van der Waals surface area contributed by atoms with Gasteiger partial charge in [-0.15, -0.1) is 0 Å². The van der Waals surface area contributed by atoms with Crippen molar-refractivity contribution in [1.29, 1.82) is 0 Å². The number of benzene rings is 2. The fraction of sp³-hybridized carbons (Fsp3) is 0.462. The molecule has 2 aromatic rings. The first-order chi connectivity index (χ1) is 16.6. The zero-order valence-corrected chi connectivity index (χ0v) is 22.5. The number of aryl methyl sites for hydroxylation is 1. The molecule has 2 aromatic carbocycles. The van der Waals surface area contributed by atoms with Gasteiger partial charge < -0.3 is 10.2 Å². The highest BCUT2D eigenvalue weighted by molar-refractivity contribution is 7.92. The van der Waals surface area contributed by atoms with Gasteiger partial charge in [0.1, 0.15) is 6.04 Å². The van der Waals surface area contributed by atoms with Crippen molar-refractivity contribution in [2.45, 2.75) is 59.0 Å². The highest BCUT2D eigenvalue weighted by Crippen LogP contribution is 2.22. The van der Waals surface area contributed by atoms with Gasteiger partial charge >= 0.3 is 0 Å². The molecule has 0 saturated carbocycles. The average molecular weight is 522 g/mol. The molecule has 2 amide bonds. The van der Waals surface area contributed by atoms with E-state index in [1.807, 2.05) is 45.0 Å². The van der Waals surface area contributed by atoms with Gasteiger partial charge in [0.25, 0.3) is 0 Å². The zero-order chi connectivity index (χ0) is 26.0. The molecule has 1 atom stereocenters. The first kappa shape index (κ1) is 28.7. The molecule has 0 fully saturated rings. The van der Waals surface area contributed by atoms with E-state index in [2.05, 4.69) is 5.32 Å². The summed E-state index contributed by atoms with van der Waals surface area (Å²) in [6.07, 6.45) is 2.85. The standard InChI is InChI=1S/C26H36ClN3O4S/c1-5-17-28-26(32)24(6-2)29(19-21-11-8-7-10-20(21)3)25(31)12-9-18-30(35(4,33)34)23-15-13-22(27)14-16-23/h7-8,10-11,13-16,24H,5-6,9,12,17-19H2,1-4H3,(H,28,32)/t24-/m1/s1. The van der Waals surface area contributed by atoms with Crippen LogP contribution in [0.2, 0.25) is 5.02 Å². The molecule has 9 heteroatoms. The monoisotopic (exact) mass is 521 g/mol. The Morgan fingerprint density at radius 2 is 1.71 bits per heavy atom. The summed E-state index contributed by atoms with van der Waals surface area (Å²) in [7, 11) is -3.55. The van der Waals surface area contributed by atoms with E-state index in [-0.39, 0.29) is 24.8 Å². The Balaban J connectivity index is 2.20. The quantitative estimate of drug-likeness (QED) is 0.419. The van der Waals surface area contributed by atoms with Crippen LogP contribution in [0.25, 0.3) is 0 Å². The molecule has 192 valence electrons. The van der Waals surface area contributed by atoms with Crippen molar-refractivity contribution >= 4 is 39.1 Å². The largest absolute Gasteiger partial charge is 0.354 e. The number of hydrogen-bond donors (Lipinski definition) is 1. The van der Waals surface area contributed by atoms with Gasteiger partial charge in [-0.05, 0) is 61.6 Å². The lowest BCUT2D eigenvalue weighted by Crippen LogP contribution is -2.49. The summed E-state index contributed by atoms with van der Waals surface area (Å²) >= 11 is 5.94. The predicted octanol–water partition coefficient (Wildman–Crippen LogP) is 4.53. The van der Waals surface area contributed by atoms with Crippen LogP contribution in [0.1, 0.15) is 50.7 Å². The van der Waals surface area contributed by atoms with Crippen molar-refractivity contribution in [3.8, 4) is 0 Å². The molecule has 0 aliphatic heterocycles. The van der Waals surface area contributed by atoms with Crippen LogP contribution in [0.3, 0.4) is 0 Å². The Hall–Kier alpha value is -2.58. The number of sulfonamides is 1. The number of nitrogens with zero attached hydrogens (tertiary/aromatic N) is 2. The van der Waals surface area contributed by atoms with Gasteiger partial charge in [0.05, 0.1) is 11.9 Å². The molecule has 7 nitrogen and oxygen atoms in total. The summed E-state index contributed by atoms with van der Waals surface area (Å²) in [5, 5.41) is 3.42. The van der Waals surface area contributed by atoms with Crippen LogP contribution in [0.5, 0.6) is 0 Å². The van der Waals surface area contributed by atoms with E-state index < -0.39 is 16.1 Å². The van der Waals surface area contributed by atoms with E-state index in [0.29, 0.717) is 36.6 Å². The summed E-state index contributed by atoms with van der Waals surface area (Å²) in [6, 6.07) is 13.7. The minimum absolute atomic E-state index is 0.114. The molecular weight excluding hydrogens is 486 g/mol. The number of carbonyl (C=O) groups is 2. The van der Waals surface area contributed by atoms with Crippen LogP contribution in [-0.2, 0) is 26.2 Å². The first-order valence-corrected chi connectivity index (χ1v) is 14.2. The van der Waals surface area contributed by atoms with E-state index in [0.717, 1.165) is 23.8 Å². The summed E-state index contributed by atoms with van der Waals surface area (Å²) in [5.41, 5.74) is 2.51. The number of carbonyl (C=O) groups excluding carboxylic acids is 2. The first-order valence-electron chi connectivity index (χ1n) is 11.9. The maximum atomic E-state index is 13.4. The van der Waals surface area contributed by atoms with E-state index in [1.165, 1.54) is 4.31 Å². The molecule has 0 saturated heterocycles. The molecule has 0 heterocycles. The lowest BCUT2D eigenvalue weighted by atomic mass is 10.1. The zero-order valence-electron chi connectivity index (χ0n) is 21.0. The molecule has 0 aliphatic rings. The normalized spacial score (nSPS) is 12.1. The number of halogens is 1. The minimum Gasteiger partial charge on any atom is -0.354 e. The molecule has 1 N–H and O–H groups in total. The van der Waals surface area contributed by atoms with Gasteiger partial charge in [0.2, 0.25) is 21.8 Å². The van der Waals surface area contributed by atoms with Crippen LogP contribution >= 0.6 is 11.6 Å². The topological polar surface area (TPSA) is 86.8 Å². The highest BCUT2D eigenvalue weighted by atomic mass is 35.5. The van der Waals surface area contributed by atoms with Crippen molar-refractivity contribution in [3.05, 3.63) is 64.7 Å². The lowest BCUT2D eigenvalue weighted by molar-refractivity contribution is -0.141. The van der Waals surface area contributed by atoms with E-state index in [4.69, 9.17) is 11.6 Å². The molecule has 0 spiro atoms. The maximum Gasteiger partial charge on any atom is 0.242 e. The Morgan fingerprint density at radius 3 is 2.29 bits per heavy atom. The third-order valence-corrected chi connectivity index (χ3v) is 7.25. The summed E-state index contributed by atoms with van der Waals surface area (Å²) in [4.78, 5) is 27.9. The molecule has 2 rings (SSSR count). The Kier molecular flexibility index (Phi) is 11.0. The molecular formula is C26H36ClN3O4S. The van der Waals surface area contributed by atoms with Crippen LogP contribution in [0.15, 0.2) is 48.5 Å². The Bertz CT molecular complexity index is 1090. The fourth-order valence-electron chi connectivity index (χ4n) is 3.87. The molecule has 0 bridgehead atoms. The Morgan fingerprint density at radius 1 is 1.06 bits per heavy atom. The van der Waals surface area contributed by atoms with Crippen LogP contribution in [0.4, 0.5) is 5.69 Å². The molecule has 35 heavy (non-hydrogen) atoms. The van der Waals surface area contributed by atoms with E-state index in [1.54, 1.807) is 29.2 Å².